The van der Waals surface area contributed by atoms with E-state index in [-0.39, 0.29) is 5.69 Å². The number of thioether (sulfide) groups is 1. The number of imidazole rings is 1. The highest BCUT2D eigenvalue weighted by Crippen LogP contribution is 2.20. The molecule has 0 radical (unpaired) electrons. The first-order chi connectivity index (χ1) is 10.7. The molecule has 0 aliphatic heterocycles. The van der Waals surface area contributed by atoms with Crippen LogP contribution in [0.15, 0.2) is 34.5 Å². The average Bonchev–Trinajstić information content (AvgIpc) is 3.08. The molecule has 3 aromatic rings. The van der Waals surface area contributed by atoms with Gasteiger partial charge in [-0.2, -0.15) is 0 Å². The average molecular weight is 317 g/mol. The van der Waals surface area contributed by atoms with E-state index < -0.39 is 0 Å². The summed E-state index contributed by atoms with van der Waals surface area (Å²) in [5.41, 5.74) is 2.97. The van der Waals surface area contributed by atoms with Gasteiger partial charge in [0.05, 0.1) is 5.69 Å². The first-order valence-electron chi connectivity index (χ1n) is 7.40. The molecule has 1 N–H and O–H groups in total. The van der Waals surface area contributed by atoms with Crippen molar-refractivity contribution >= 4 is 17.4 Å². The van der Waals surface area contributed by atoms with Gasteiger partial charge in [-0.15, -0.1) is 5.10 Å². The Hall–Kier alpha value is -2.02. The summed E-state index contributed by atoms with van der Waals surface area (Å²) in [4.78, 5) is 16.4. The number of hydrogen-bond donors (Lipinski definition) is 1. The second kappa shape index (κ2) is 6.39. The van der Waals surface area contributed by atoms with Crippen molar-refractivity contribution in [2.75, 3.05) is 0 Å². The van der Waals surface area contributed by atoms with Gasteiger partial charge in [0.15, 0.2) is 5.16 Å². The van der Waals surface area contributed by atoms with E-state index in [0.29, 0.717) is 12.3 Å². The largest absolute Gasteiger partial charge is 0.343 e. The van der Waals surface area contributed by atoms with Gasteiger partial charge in [0.2, 0.25) is 0 Å². The molecule has 3 aromatic heterocycles. The minimum absolute atomic E-state index is 0.137. The fourth-order valence-electron chi connectivity index (χ4n) is 2.34. The summed E-state index contributed by atoms with van der Waals surface area (Å²) in [6.07, 6.45) is 6.04. The van der Waals surface area contributed by atoms with Crippen molar-refractivity contribution in [1.82, 2.24) is 24.1 Å². The van der Waals surface area contributed by atoms with E-state index in [4.69, 9.17) is 0 Å². The smallest absolute Gasteiger partial charge is 0.307 e. The monoisotopic (exact) mass is 317 g/mol. The number of hydrogen-bond acceptors (Lipinski definition) is 4. The fourth-order valence-corrected chi connectivity index (χ4v) is 3.20. The van der Waals surface area contributed by atoms with E-state index in [0.717, 1.165) is 34.9 Å². The van der Waals surface area contributed by atoms with Gasteiger partial charge in [-0.1, -0.05) is 31.2 Å². The fraction of sp³-hybridized carbons (Fsp3) is 0.400. The summed E-state index contributed by atoms with van der Waals surface area (Å²) in [5.74, 6) is 0.692. The highest BCUT2D eigenvalue weighted by Gasteiger charge is 2.10. The van der Waals surface area contributed by atoms with Gasteiger partial charge in [-0.3, -0.25) is 4.57 Å². The molecule has 3 rings (SSSR count). The molecular formula is C15H19N5OS. The van der Waals surface area contributed by atoms with Gasteiger partial charge in [-0.05, 0) is 25.0 Å². The van der Waals surface area contributed by atoms with Crippen molar-refractivity contribution in [3.05, 3.63) is 46.3 Å². The molecule has 6 nitrogen and oxygen atoms in total. The molecule has 0 atom stereocenters. The molecule has 0 unspecified atom stereocenters. The van der Waals surface area contributed by atoms with Crippen LogP contribution < -0.4 is 5.69 Å². The number of unbranched alkanes of at least 4 members (excludes halogenated alkanes) is 1. The molecule has 116 valence electrons. The third kappa shape index (κ3) is 2.94. The molecular weight excluding hydrogens is 298 g/mol. The summed E-state index contributed by atoms with van der Waals surface area (Å²) in [6, 6.07) is 4.06. The van der Waals surface area contributed by atoms with E-state index in [1.165, 1.54) is 11.8 Å². The summed E-state index contributed by atoms with van der Waals surface area (Å²) in [5, 5.41) is 7.37. The number of pyridine rings is 1. The van der Waals surface area contributed by atoms with Crippen LogP contribution in [-0.2, 0) is 12.3 Å². The van der Waals surface area contributed by atoms with Crippen molar-refractivity contribution in [2.45, 2.75) is 44.1 Å². The van der Waals surface area contributed by atoms with E-state index in [9.17, 15) is 4.79 Å². The minimum Gasteiger partial charge on any atom is -0.307 e. The molecule has 0 aliphatic carbocycles. The molecule has 0 bridgehead atoms. The van der Waals surface area contributed by atoms with Crippen LogP contribution in [0, 0.1) is 6.92 Å². The number of aryl methyl sites for hydroxylation is 1. The molecule has 22 heavy (non-hydrogen) atoms. The summed E-state index contributed by atoms with van der Waals surface area (Å²) >= 11 is 1.54. The lowest BCUT2D eigenvalue weighted by Crippen LogP contribution is -2.17. The lowest BCUT2D eigenvalue weighted by molar-refractivity contribution is 0.573. The molecule has 7 heteroatoms. The lowest BCUT2D eigenvalue weighted by atomic mass is 10.3. The lowest BCUT2D eigenvalue weighted by Gasteiger charge is -2.02. The highest BCUT2D eigenvalue weighted by molar-refractivity contribution is 7.98. The molecule has 3 heterocycles. The van der Waals surface area contributed by atoms with Crippen molar-refractivity contribution < 1.29 is 0 Å². The molecule has 0 aliphatic rings. The number of aromatic nitrogens is 5. The van der Waals surface area contributed by atoms with E-state index in [1.807, 2.05) is 22.9 Å². The zero-order chi connectivity index (χ0) is 15.5. The van der Waals surface area contributed by atoms with Crippen molar-refractivity contribution in [3.63, 3.8) is 0 Å². The summed E-state index contributed by atoms with van der Waals surface area (Å²) in [6.45, 7) is 4.87. The number of H-pyrrole nitrogens is 1. The molecule has 0 fully saturated rings. The zero-order valence-corrected chi connectivity index (χ0v) is 13.6. The first-order valence-corrected chi connectivity index (χ1v) is 8.39. The van der Waals surface area contributed by atoms with Crippen molar-refractivity contribution in [3.8, 4) is 0 Å². The van der Waals surface area contributed by atoms with E-state index in [1.54, 1.807) is 4.57 Å². The number of fused-ring (bicyclic) bond motifs is 1. The van der Waals surface area contributed by atoms with Gasteiger partial charge in [-0.25, -0.2) is 14.9 Å². The van der Waals surface area contributed by atoms with Crippen LogP contribution in [0.4, 0.5) is 0 Å². The summed E-state index contributed by atoms with van der Waals surface area (Å²) in [7, 11) is 0. The third-order valence-corrected chi connectivity index (χ3v) is 4.55. The number of nitrogens with one attached hydrogen (secondary N) is 1. The van der Waals surface area contributed by atoms with Gasteiger partial charge in [0.1, 0.15) is 5.65 Å². The van der Waals surface area contributed by atoms with Crippen LogP contribution in [0.2, 0.25) is 0 Å². The Morgan fingerprint density at radius 2 is 2.27 bits per heavy atom. The predicted octanol–water partition coefficient (Wildman–Crippen LogP) is 2.62. The van der Waals surface area contributed by atoms with E-state index >= 15 is 0 Å². The quantitative estimate of drug-likeness (QED) is 0.710. The molecule has 0 saturated carbocycles. The van der Waals surface area contributed by atoms with E-state index in [2.05, 4.69) is 35.1 Å². The second-order valence-electron chi connectivity index (χ2n) is 5.26. The van der Waals surface area contributed by atoms with Gasteiger partial charge in [0, 0.05) is 24.7 Å². The third-order valence-electron chi connectivity index (χ3n) is 3.54. The molecule has 0 spiro atoms. The van der Waals surface area contributed by atoms with Crippen molar-refractivity contribution in [1.29, 1.82) is 0 Å². The Bertz CT molecular complexity index is 832. The van der Waals surface area contributed by atoms with Crippen LogP contribution in [0.5, 0.6) is 0 Å². The Morgan fingerprint density at radius 1 is 1.41 bits per heavy atom. The van der Waals surface area contributed by atoms with Crippen LogP contribution in [0.25, 0.3) is 5.65 Å². The SMILES string of the molecule is CCCCn1c(SCc2cn3cccc(C)c3n2)n[nH]c1=O. The Labute approximate surface area is 132 Å². The molecule has 0 aromatic carbocycles. The predicted molar refractivity (Wildman–Crippen MR) is 87.2 cm³/mol. The Kier molecular flexibility index (Phi) is 4.33. The van der Waals surface area contributed by atoms with Crippen molar-refractivity contribution in [2.24, 2.45) is 0 Å². The molecule has 0 saturated heterocycles. The maximum Gasteiger partial charge on any atom is 0.343 e. The van der Waals surface area contributed by atoms with Gasteiger partial charge >= 0.3 is 5.69 Å². The number of aromatic amines is 1. The Morgan fingerprint density at radius 3 is 3.05 bits per heavy atom. The van der Waals surface area contributed by atoms with Crippen LogP contribution in [-0.4, -0.2) is 24.1 Å². The Balaban J connectivity index is 1.76. The van der Waals surface area contributed by atoms with Gasteiger partial charge in [0.25, 0.3) is 0 Å². The normalized spacial score (nSPS) is 11.4. The first kappa shape index (κ1) is 14.9. The zero-order valence-electron chi connectivity index (χ0n) is 12.7. The summed E-state index contributed by atoms with van der Waals surface area (Å²) < 4.78 is 3.73. The van der Waals surface area contributed by atoms with Crippen LogP contribution in [0.3, 0.4) is 0 Å². The molecule has 0 amide bonds. The highest BCUT2D eigenvalue weighted by atomic mass is 32.2. The standard InChI is InChI=1S/C15H19N5OS/c1-3-4-8-20-14(21)17-18-15(20)22-10-12-9-19-7-5-6-11(2)13(19)16-12/h5-7,9H,3-4,8,10H2,1-2H3,(H,17,21). The minimum atomic E-state index is -0.137. The number of rotatable bonds is 6. The number of nitrogens with zero attached hydrogens (tertiary/aromatic N) is 4. The van der Waals surface area contributed by atoms with Crippen LogP contribution in [0.1, 0.15) is 31.0 Å². The topological polar surface area (TPSA) is 68.0 Å². The second-order valence-corrected chi connectivity index (χ2v) is 6.20. The van der Waals surface area contributed by atoms with Crippen LogP contribution >= 0.6 is 11.8 Å². The maximum absolute atomic E-state index is 11.8. The van der Waals surface area contributed by atoms with Gasteiger partial charge < -0.3 is 4.40 Å². The maximum atomic E-state index is 11.8.